The van der Waals surface area contributed by atoms with Gasteiger partial charge in [-0.05, 0) is 5.92 Å². The molecule has 3 N–H and O–H groups in total. The van der Waals surface area contributed by atoms with Gasteiger partial charge in [0.2, 0.25) is 0 Å². The molecule has 6 nitrogen and oxygen atoms in total. The number of aliphatic hydroxyl groups is 1. The second kappa shape index (κ2) is 6.12. The van der Waals surface area contributed by atoms with Gasteiger partial charge in [-0.15, -0.1) is 0 Å². The van der Waals surface area contributed by atoms with Crippen LogP contribution in [0.4, 0.5) is 10.6 Å². The Morgan fingerprint density at radius 1 is 1.62 bits per heavy atom. The molecule has 2 amide bonds. The molecule has 16 heavy (non-hydrogen) atoms. The number of hydrogen-bond donors (Lipinski definition) is 3. The van der Waals surface area contributed by atoms with E-state index >= 15 is 0 Å². The highest BCUT2D eigenvalue weighted by molar-refractivity contribution is 5.88. The Kier molecular flexibility index (Phi) is 4.78. The van der Waals surface area contributed by atoms with E-state index in [4.69, 9.17) is 5.11 Å². The topological polar surface area (TPSA) is 79.2 Å². The maximum absolute atomic E-state index is 11.3. The fourth-order valence-electron chi connectivity index (χ4n) is 1.26. The lowest BCUT2D eigenvalue weighted by atomic mass is 10.2. The van der Waals surface area contributed by atoms with Gasteiger partial charge >= 0.3 is 6.03 Å². The molecule has 0 saturated heterocycles. The van der Waals surface area contributed by atoms with Crippen LogP contribution in [-0.4, -0.2) is 34.1 Å². The highest BCUT2D eigenvalue weighted by Gasteiger charge is 2.07. The molecule has 6 heteroatoms. The first-order valence-corrected chi connectivity index (χ1v) is 5.31. The Labute approximate surface area is 94.6 Å². The molecule has 0 aromatic carbocycles. The van der Waals surface area contributed by atoms with Crippen molar-refractivity contribution in [2.24, 2.45) is 5.92 Å². The number of urea groups is 1. The molecule has 1 heterocycles. The Morgan fingerprint density at radius 3 is 3.00 bits per heavy atom. The number of rotatable bonds is 5. The van der Waals surface area contributed by atoms with Gasteiger partial charge in [0.1, 0.15) is 5.82 Å². The van der Waals surface area contributed by atoms with Crippen LogP contribution in [0.1, 0.15) is 13.8 Å². The van der Waals surface area contributed by atoms with Crippen LogP contribution in [0.2, 0.25) is 0 Å². The van der Waals surface area contributed by atoms with E-state index in [2.05, 4.69) is 29.6 Å². The number of amides is 2. The third kappa shape index (κ3) is 3.90. The maximum Gasteiger partial charge on any atom is 0.320 e. The Morgan fingerprint density at radius 2 is 2.38 bits per heavy atom. The van der Waals surface area contributed by atoms with Gasteiger partial charge in [0.05, 0.1) is 12.8 Å². The van der Waals surface area contributed by atoms with Crippen molar-refractivity contribution in [2.45, 2.75) is 20.4 Å². The summed E-state index contributed by atoms with van der Waals surface area (Å²) in [6.45, 7) is 5.08. The number of nitrogens with one attached hydrogen (secondary N) is 2. The summed E-state index contributed by atoms with van der Waals surface area (Å²) < 4.78 is 1.74. The minimum Gasteiger partial charge on any atom is -0.395 e. The predicted octanol–water partition coefficient (Wildman–Crippen LogP) is 0.653. The zero-order chi connectivity index (χ0) is 12.0. The summed E-state index contributed by atoms with van der Waals surface area (Å²) in [6.07, 6.45) is 1.64. The molecule has 0 unspecified atom stereocenters. The van der Waals surface area contributed by atoms with Gasteiger partial charge in [0.15, 0.2) is 0 Å². The van der Waals surface area contributed by atoms with Crippen LogP contribution in [0.5, 0.6) is 0 Å². The largest absolute Gasteiger partial charge is 0.395 e. The van der Waals surface area contributed by atoms with Gasteiger partial charge < -0.3 is 10.4 Å². The molecule has 1 rings (SSSR count). The van der Waals surface area contributed by atoms with Crippen molar-refractivity contribution in [1.29, 1.82) is 0 Å². The van der Waals surface area contributed by atoms with E-state index in [0.717, 1.165) is 6.54 Å². The molecule has 90 valence electrons. The lowest BCUT2D eigenvalue weighted by Crippen LogP contribution is -2.32. The molecule has 1 aromatic rings. The van der Waals surface area contributed by atoms with Crippen molar-refractivity contribution in [1.82, 2.24) is 15.1 Å². The second-order valence-corrected chi connectivity index (χ2v) is 3.90. The number of anilines is 1. The van der Waals surface area contributed by atoms with Crippen molar-refractivity contribution in [3.63, 3.8) is 0 Å². The molecule has 0 spiro atoms. The van der Waals surface area contributed by atoms with E-state index in [9.17, 15) is 4.79 Å². The Hall–Kier alpha value is -1.56. The van der Waals surface area contributed by atoms with Crippen molar-refractivity contribution >= 4 is 11.8 Å². The first kappa shape index (κ1) is 12.5. The number of aromatic nitrogens is 2. The lowest BCUT2D eigenvalue weighted by Gasteiger charge is -2.11. The van der Waals surface area contributed by atoms with Gasteiger partial charge in [-0.25, -0.2) is 9.48 Å². The quantitative estimate of drug-likeness (QED) is 0.689. The Balaban J connectivity index is 2.52. The summed E-state index contributed by atoms with van der Waals surface area (Å²) in [7, 11) is 0. The molecule has 0 fully saturated rings. The van der Waals surface area contributed by atoms with E-state index in [1.54, 1.807) is 16.9 Å². The predicted molar refractivity (Wildman–Crippen MR) is 61.2 cm³/mol. The van der Waals surface area contributed by atoms with Crippen LogP contribution in [0.25, 0.3) is 0 Å². The van der Waals surface area contributed by atoms with E-state index < -0.39 is 0 Å². The van der Waals surface area contributed by atoms with Gasteiger partial charge in [-0.3, -0.25) is 5.32 Å². The first-order chi connectivity index (χ1) is 7.63. The molecule has 0 bridgehead atoms. The van der Waals surface area contributed by atoms with E-state index in [1.165, 1.54) is 0 Å². The third-order valence-electron chi connectivity index (χ3n) is 1.89. The van der Waals surface area contributed by atoms with Crippen LogP contribution < -0.4 is 10.6 Å². The Bertz CT molecular complexity index is 335. The normalized spacial score (nSPS) is 10.5. The number of nitrogens with zero attached hydrogens (tertiary/aromatic N) is 2. The lowest BCUT2D eigenvalue weighted by molar-refractivity contribution is 0.244. The zero-order valence-corrected chi connectivity index (χ0v) is 9.60. The van der Waals surface area contributed by atoms with Crippen molar-refractivity contribution in [3.05, 3.63) is 12.3 Å². The average molecular weight is 226 g/mol. The number of carbonyl (C=O) groups excluding carboxylic acids is 1. The molecule has 0 saturated carbocycles. The molecular formula is C10H18N4O2. The minimum atomic E-state index is -0.334. The summed E-state index contributed by atoms with van der Waals surface area (Å²) in [4.78, 5) is 11.3. The van der Waals surface area contributed by atoms with Gasteiger partial charge in [0.25, 0.3) is 0 Å². The third-order valence-corrected chi connectivity index (χ3v) is 1.89. The van der Waals surface area contributed by atoms with Gasteiger partial charge in [0, 0.05) is 19.2 Å². The SMILES string of the molecule is CC(C)Cn1nccc1NC(=O)NCCO. The zero-order valence-electron chi connectivity index (χ0n) is 9.60. The standard InChI is InChI=1S/C10H18N4O2/c1-8(2)7-14-9(3-4-12-14)13-10(16)11-5-6-15/h3-4,8,15H,5-7H2,1-2H3,(H2,11,13,16). The summed E-state index contributed by atoms with van der Waals surface area (Å²) in [6, 6.07) is 1.40. The summed E-state index contributed by atoms with van der Waals surface area (Å²) in [5.74, 6) is 1.12. The van der Waals surface area contributed by atoms with E-state index in [0.29, 0.717) is 11.7 Å². The highest BCUT2D eigenvalue weighted by atomic mass is 16.3. The van der Waals surface area contributed by atoms with Crippen molar-refractivity contribution < 1.29 is 9.90 Å². The van der Waals surface area contributed by atoms with Crippen molar-refractivity contribution in [2.75, 3.05) is 18.5 Å². The van der Waals surface area contributed by atoms with E-state index in [-0.39, 0.29) is 19.2 Å². The number of hydrogen-bond acceptors (Lipinski definition) is 3. The summed E-state index contributed by atoms with van der Waals surface area (Å²) >= 11 is 0. The molecule has 0 atom stereocenters. The fraction of sp³-hybridized carbons (Fsp3) is 0.600. The van der Waals surface area contributed by atoms with Crippen molar-refractivity contribution in [3.8, 4) is 0 Å². The van der Waals surface area contributed by atoms with Gasteiger partial charge in [-0.1, -0.05) is 13.8 Å². The monoisotopic (exact) mass is 226 g/mol. The second-order valence-electron chi connectivity index (χ2n) is 3.90. The summed E-state index contributed by atoms with van der Waals surface area (Å²) in [5.41, 5.74) is 0. The molecule has 0 radical (unpaired) electrons. The molecular weight excluding hydrogens is 208 g/mol. The number of aliphatic hydroxyl groups excluding tert-OH is 1. The highest BCUT2D eigenvalue weighted by Crippen LogP contribution is 2.08. The average Bonchev–Trinajstić information content (AvgIpc) is 2.62. The molecule has 0 aliphatic carbocycles. The van der Waals surface area contributed by atoms with Crippen LogP contribution in [0.3, 0.4) is 0 Å². The van der Waals surface area contributed by atoms with Gasteiger partial charge in [-0.2, -0.15) is 5.10 Å². The molecule has 0 aliphatic heterocycles. The first-order valence-electron chi connectivity index (χ1n) is 5.31. The molecule has 0 aliphatic rings. The summed E-state index contributed by atoms with van der Waals surface area (Å²) in [5, 5.41) is 17.8. The maximum atomic E-state index is 11.3. The van der Waals surface area contributed by atoms with E-state index in [1.807, 2.05) is 0 Å². The minimum absolute atomic E-state index is 0.0708. The van der Waals surface area contributed by atoms with Crippen LogP contribution >= 0.6 is 0 Å². The molecule has 1 aromatic heterocycles. The smallest absolute Gasteiger partial charge is 0.320 e. The van der Waals surface area contributed by atoms with Crippen LogP contribution in [-0.2, 0) is 6.54 Å². The fourth-order valence-corrected chi connectivity index (χ4v) is 1.26. The van der Waals surface area contributed by atoms with Crippen LogP contribution in [0, 0.1) is 5.92 Å². The van der Waals surface area contributed by atoms with Crippen LogP contribution in [0.15, 0.2) is 12.3 Å². The number of carbonyl (C=O) groups is 1.